The molecule has 0 bridgehead atoms. The Morgan fingerprint density at radius 2 is 2.25 bits per heavy atom. The van der Waals surface area contributed by atoms with Crippen molar-refractivity contribution in [1.82, 2.24) is 14.5 Å². The zero-order valence-corrected chi connectivity index (χ0v) is 14.1. The lowest BCUT2D eigenvalue weighted by molar-refractivity contribution is 0.211. The van der Waals surface area contributed by atoms with Crippen molar-refractivity contribution in [3.63, 3.8) is 0 Å². The smallest absolute Gasteiger partial charge is 0.408 e. The van der Waals surface area contributed by atoms with Gasteiger partial charge in [0, 0.05) is 25.6 Å². The number of amides is 1. The van der Waals surface area contributed by atoms with Gasteiger partial charge in [0.1, 0.15) is 11.3 Å². The van der Waals surface area contributed by atoms with Crippen molar-refractivity contribution in [3.05, 3.63) is 24.0 Å². The van der Waals surface area contributed by atoms with E-state index in [0.29, 0.717) is 30.3 Å². The molecule has 1 aliphatic rings. The van der Waals surface area contributed by atoms with E-state index >= 15 is 0 Å². The fraction of sp³-hybridized carbons (Fsp3) is 0.529. The number of nitrogens with two attached hydrogens (primary N) is 2. The van der Waals surface area contributed by atoms with Crippen LogP contribution in [-0.4, -0.2) is 46.7 Å². The van der Waals surface area contributed by atoms with E-state index in [1.807, 2.05) is 12.1 Å². The predicted molar refractivity (Wildman–Crippen MR) is 93.1 cm³/mol. The lowest BCUT2D eigenvalue weighted by Crippen LogP contribution is -2.22. The summed E-state index contributed by atoms with van der Waals surface area (Å²) in [4.78, 5) is 18.4. The van der Waals surface area contributed by atoms with Gasteiger partial charge in [-0.3, -0.25) is 0 Å². The first-order valence-corrected chi connectivity index (χ1v) is 8.52. The molecule has 2 heterocycles. The Morgan fingerprint density at radius 3 is 2.96 bits per heavy atom. The minimum absolute atomic E-state index is 0.372. The van der Waals surface area contributed by atoms with Gasteiger partial charge in [-0.2, -0.15) is 0 Å². The van der Waals surface area contributed by atoms with Crippen LogP contribution in [0.2, 0.25) is 0 Å². The van der Waals surface area contributed by atoms with Crippen molar-refractivity contribution >= 4 is 17.1 Å². The maximum atomic E-state index is 11.1. The molecule has 7 nitrogen and oxygen atoms in total. The molecule has 1 unspecified atom stereocenters. The van der Waals surface area contributed by atoms with Crippen molar-refractivity contribution in [2.75, 3.05) is 26.2 Å². The highest BCUT2D eigenvalue weighted by Crippen LogP contribution is 2.32. The number of para-hydroxylation sites is 1. The fourth-order valence-corrected chi connectivity index (χ4v) is 3.57. The highest BCUT2D eigenvalue weighted by molar-refractivity contribution is 5.85. The molecule has 1 aromatic heterocycles. The summed E-state index contributed by atoms with van der Waals surface area (Å²) in [5, 5.41) is 0. The van der Waals surface area contributed by atoms with Crippen LogP contribution in [0.3, 0.4) is 0 Å². The molecule has 3 rings (SSSR count). The number of hydrogen-bond acceptors (Lipinski definition) is 5. The van der Waals surface area contributed by atoms with Gasteiger partial charge in [-0.05, 0) is 38.1 Å². The molecule has 1 aliphatic heterocycles. The predicted octanol–water partition coefficient (Wildman–Crippen LogP) is 1.65. The van der Waals surface area contributed by atoms with Gasteiger partial charge in [0.15, 0.2) is 5.75 Å². The van der Waals surface area contributed by atoms with E-state index < -0.39 is 6.09 Å². The Labute approximate surface area is 141 Å². The number of imidazole rings is 1. The molecule has 1 aromatic carbocycles. The molecule has 4 N–H and O–H groups in total. The molecule has 0 aliphatic carbocycles. The lowest BCUT2D eigenvalue weighted by atomic mass is 10.1. The van der Waals surface area contributed by atoms with E-state index in [1.165, 1.54) is 0 Å². The number of likely N-dealkylation sites (tertiary alicyclic amines) is 1. The second kappa shape index (κ2) is 7.19. The molecule has 7 heteroatoms. The molecule has 0 radical (unpaired) electrons. The van der Waals surface area contributed by atoms with Crippen LogP contribution in [0.25, 0.3) is 11.0 Å². The summed E-state index contributed by atoms with van der Waals surface area (Å²) in [5.74, 6) is 1.80. The Hall–Kier alpha value is -2.12. The van der Waals surface area contributed by atoms with Crippen molar-refractivity contribution < 1.29 is 9.53 Å². The van der Waals surface area contributed by atoms with E-state index in [-0.39, 0.29) is 0 Å². The number of primary amides is 1. The van der Waals surface area contributed by atoms with Gasteiger partial charge in [-0.15, -0.1) is 0 Å². The minimum Gasteiger partial charge on any atom is -0.408 e. The van der Waals surface area contributed by atoms with Gasteiger partial charge in [0.25, 0.3) is 0 Å². The molecule has 1 saturated heterocycles. The molecule has 0 spiro atoms. The maximum Gasteiger partial charge on any atom is 0.410 e. The number of aromatic nitrogens is 2. The molecule has 130 valence electrons. The molecule has 2 aromatic rings. The fourth-order valence-electron chi connectivity index (χ4n) is 3.57. The zero-order chi connectivity index (χ0) is 17.1. The highest BCUT2D eigenvalue weighted by atomic mass is 16.5. The summed E-state index contributed by atoms with van der Waals surface area (Å²) in [5.41, 5.74) is 12.6. The molecule has 1 atom stereocenters. The van der Waals surface area contributed by atoms with Crippen LogP contribution in [0.1, 0.15) is 31.5 Å². The Balaban J connectivity index is 2.00. The number of fused-ring (bicyclic) bond motifs is 1. The third-order valence-corrected chi connectivity index (χ3v) is 4.51. The first kappa shape index (κ1) is 16.7. The SMILES string of the molecule is CCCN1CCC(c2nc3c(OC(N)=O)cccc3n2CCN)C1. The third kappa shape index (κ3) is 3.22. The van der Waals surface area contributed by atoms with Crippen LogP contribution in [0, 0.1) is 0 Å². The average molecular weight is 331 g/mol. The largest absolute Gasteiger partial charge is 0.410 e. The molecule has 1 amide bonds. The Morgan fingerprint density at radius 1 is 1.42 bits per heavy atom. The first-order valence-electron chi connectivity index (χ1n) is 8.52. The highest BCUT2D eigenvalue weighted by Gasteiger charge is 2.28. The standard InChI is InChI=1S/C17H25N5O2/c1-2-8-21-9-6-12(11-21)16-20-15-13(22(16)10-7-18)4-3-5-14(15)24-17(19)23/h3-5,12H,2,6-11,18H2,1H3,(H2,19,23). The number of carbonyl (C=O) groups is 1. The average Bonchev–Trinajstić information content (AvgIpc) is 3.13. The topological polar surface area (TPSA) is 99.4 Å². The number of carbonyl (C=O) groups excluding carboxylic acids is 1. The van der Waals surface area contributed by atoms with E-state index in [0.717, 1.165) is 43.8 Å². The monoisotopic (exact) mass is 331 g/mol. The molecular formula is C17H25N5O2. The van der Waals surface area contributed by atoms with Crippen molar-refractivity contribution in [3.8, 4) is 5.75 Å². The molecule has 1 fully saturated rings. The van der Waals surface area contributed by atoms with Gasteiger partial charge >= 0.3 is 6.09 Å². The summed E-state index contributed by atoms with van der Waals surface area (Å²) in [6.45, 7) is 6.64. The van der Waals surface area contributed by atoms with Gasteiger partial charge in [-0.1, -0.05) is 13.0 Å². The van der Waals surface area contributed by atoms with Crippen molar-refractivity contribution in [1.29, 1.82) is 0 Å². The molecule has 24 heavy (non-hydrogen) atoms. The lowest BCUT2D eigenvalue weighted by Gasteiger charge is -2.15. The zero-order valence-electron chi connectivity index (χ0n) is 14.1. The normalized spacial score (nSPS) is 18.3. The van der Waals surface area contributed by atoms with Crippen molar-refractivity contribution in [2.24, 2.45) is 11.5 Å². The van der Waals surface area contributed by atoms with Gasteiger partial charge in [-0.25, -0.2) is 9.78 Å². The van der Waals surface area contributed by atoms with E-state index in [4.69, 9.17) is 21.2 Å². The van der Waals surface area contributed by atoms with E-state index in [1.54, 1.807) is 6.07 Å². The number of nitrogens with zero attached hydrogens (tertiary/aromatic N) is 3. The molecular weight excluding hydrogens is 306 g/mol. The van der Waals surface area contributed by atoms with Crippen LogP contribution in [-0.2, 0) is 6.54 Å². The minimum atomic E-state index is -0.826. The summed E-state index contributed by atoms with van der Waals surface area (Å²) in [7, 11) is 0. The Kier molecular flexibility index (Phi) is 5.01. The number of ether oxygens (including phenoxy) is 1. The summed E-state index contributed by atoms with van der Waals surface area (Å²) >= 11 is 0. The number of hydrogen-bond donors (Lipinski definition) is 2. The summed E-state index contributed by atoms with van der Waals surface area (Å²) in [6, 6.07) is 5.54. The molecule has 0 saturated carbocycles. The van der Waals surface area contributed by atoms with Gasteiger partial charge in [0.05, 0.1) is 5.52 Å². The van der Waals surface area contributed by atoms with E-state index in [2.05, 4.69) is 16.4 Å². The maximum absolute atomic E-state index is 11.1. The quantitative estimate of drug-likeness (QED) is 0.838. The van der Waals surface area contributed by atoms with Gasteiger partial charge < -0.3 is 25.7 Å². The summed E-state index contributed by atoms with van der Waals surface area (Å²) < 4.78 is 7.27. The van der Waals surface area contributed by atoms with Gasteiger partial charge in [0.2, 0.25) is 0 Å². The summed E-state index contributed by atoms with van der Waals surface area (Å²) in [6.07, 6.45) is 1.41. The van der Waals surface area contributed by atoms with Crippen LogP contribution in [0.4, 0.5) is 4.79 Å². The van der Waals surface area contributed by atoms with Crippen LogP contribution < -0.4 is 16.2 Å². The number of rotatable bonds is 6. The Bertz CT molecular complexity index is 727. The van der Waals surface area contributed by atoms with Crippen LogP contribution in [0.5, 0.6) is 5.75 Å². The van der Waals surface area contributed by atoms with Crippen LogP contribution in [0.15, 0.2) is 18.2 Å². The third-order valence-electron chi connectivity index (χ3n) is 4.51. The first-order chi connectivity index (χ1) is 11.6. The second-order valence-corrected chi connectivity index (χ2v) is 6.24. The van der Waals surface area contributed by atoms with E-state index in [9.17, 15) is 4.79 Å². The number of benzene rings is 1. The van der Waals surface area contributed by atoms with Crippen molar-refractivity contribution in [2.45, 2.75) is 32.2 Å². The second-order valence-electron chi connectivity index (χ2n) is 6.24. The van der Waals surface area contributed by atoms with Crippen LogP contribution >= 0.6 is 0 Å².